The second-order valence-corrected chi connectivity index (χ2v) is 5.43. The van der Waals surface area contributed by atoms with Crippen molar-refractivity contribution in [2.24, 2.45) is 0 Å². The van der Waals surface area contributed by atoms with Gasteiger partial charge < -0.3 is 14.8 Å². The van der Waals surface area contributed by atoms with Gasteiger partial charge in [-0.1, -0.05) is 18.7 Å². The van der Waals surface area contributed by atoms with E-state index in [1.165, 1.54) is 0 Å². The highest BCUT2D eigenvalue weighted by Crippen LogP contribution is 2.40. The summed E-state index contributed by atoms with van der Waals surface area (Å²) in [5.74, 6) is 1.80. The van der Waals surface area contributed by atoms with Crippen molar-refractivity contribution in [2.75, 3.05) is 19.0 Å². The fraction of sp³-hybridized carbons (Fsp3) is 0.294. The summed E-state index contributed by atoms with van der Waals surface area (Å²) in [6.45, 7) is 6.00. The molecule has 1 aromatic carbocycles. The Labute approximate surface area is 134 Å². The number of amides is 1. The van der Waals surface area contributed by atoms with E-state index >= 15 is 0 Å². The number of aromatic nitrogens is 2. The third kappa shape index (κ3) is 2.79. The van der Waals surface area contributed by atoms with Gasteiger partial charge in [0.05, 0.1) is 7.11 Å². The van der Waals surface area contributed by atoms with E-state index in [4.69, 9.17) is 9.47 Å². The molecule has 0 bridgehead atoms. The minimum atomic E-state index is -0.0557. The standard InChI is InChI=1S/C17H19N3O3/c1-4-7-23-13-6-5-11(8-14(13)22-3)12-9-15(21)18-17-16(12)10(2)19-20-17/h4-6,8,12H,1,7,9H2,2-3H3,(H2,18,19,20,21). The molecule has 2 heterocycles. The van der Waals surface area contributed by atoms with E-state index in [1.807, 2.05) is 25.1 Å². The topological polar surface area (TPSA) is 76.2 Å². The zero-order chi connectivity index (χ0) is 16.4. The third-order valence-electron chi connectivity index (χ3n) is 3.94. The molecule has 6 heteroatoms. The summed E-state index contributed by atoms with van der Waals surface area (Å²) in [6, 6.07) is 5.73. The van der Waals surface area contributed by atoms with Crippen LogP contribution in [-0.2, 0) is 4.79 Å². The Balaban J connectivity index is 2.00. The number of nitrogens with zero attached hydrogens (tertiary/aromatic N) is 1. The molecule has 120 valence electrons. The molecular formula is C17H19N3O3. The number of ether oxygens (including phenoxy) is 2. The number of fused-ring (bicyclic) bond motifs is 1. The first-order valence-corrected chi connectivity index (χ1v) is 7.40. The maximum Gasteiger partial charge on any atom is 0.226 e. The van der Waals surface area contributed by atoms with Gasteiger partial charge in [-0.2, -0.15) is 5.10 Å². The fourth-order valence-corrected chi connectivity index (χ4v) is 2.88. The summed E-state index contributed by atoms with van der Waals surface area (Å²) in [7, 11) is 1.60. The predicted octanol–water partition coefficient (Wildman–Crippen LogP) is 2.77. The zero-order valence-corrected chi connectivity index (χ0v) is 13.2. The van der Waals surface area contributed by atoms with E-state index in [2.05, 4.69) is 22.1 Å². The molecule has 6 nitrogen and oxygen atoms in total. The van der Waals surface area contributed by atoms with Gasteiger partial charge in [0.25, 0.3) is 0 Å². The van der Waals surface area contributed by atoms with Crippen LogP contribution in [0.2, 0.25) is 0 Å². The van der Waals surface area contributed by atoms with E-state index in [-0.39, 0.29) is 11.8 Å². The van der Waals surface area contributed by atoms with Crippen LogP contribution in [0.4, 0.5) is 5.82 Å². The minimum absolute atomic E-state index is 0.0417. The van der Waals surface area contributed by atoms with Gasteiger partial charge in [0, 0.05) is 23.6 Å². The van der Waals surface area contributed by atoms with Gasteiger partial charge >= 0.3 is 0 Å². The zero-order valence-electron chi connectivity index (χ0n) is 13.2. The van der Waals surface area contributed by atoms with E-state index < -0.39 is 0 Å². The highest BCUT2D eigenvalue weighted by Gasteiger charge is 2.30. The molecule has 2 aromatic rings. The number of hydrogen-bond acceptors (Lipinski definition) is 4. The van der Waals surface area contributed by atoms with Crippen molar-refractivity contribution in [1.82, 2.24) is 10.2 Å². The lowest BCUT2D eigenvalue weighted by Gasteiger charge is -2.23. The molecule has 23 heavy (non-hydrogen) atoms. The molecule has 1 aliphatic rings. The van der Waals surface area contributed by atoms with Crippen LogP contribution in [0.15, 0.2) is 30.9 Å². The number of benzene rings is 1. The Kier molecular flexibility index (Phi) is 4.06. The highest BCUT2D eigenvalue weighted by atomic mass is 16.5. The lowest BCUT2D eigenvalue weighted by atomic mass is 9.85. The number of carbonyl (C=O) groups is 1. The van der Waals surface area contributed by atoms with Crippen LogP contribution in [0, 0.1) is 6.92 Å². The number of aromatic amines is 1. The van der Waals surface area contributed by atoms with Crippen molar-refractivity contribution in [3.63, 3.8) is 0 Å². The molecule has 1 aliphatic heterocycles. The Morgan fingerprint density at radius 3 is 3.00 bits per heavy atom. The summed E-state index contributed by atoms with van der Waals surface area (Å²) < 4.78 is 11.0. The van der Waals surface area contributed by atoms with Gasteiger partial charge in [0.15, 0.2) is 17.3 Å². The molecule has 0 spiro atoms. The van der Waals surface area contributed by atoms with E-state index in [9.17, 15) is 4.79 Å². The van der Waals surface area contributed by atoms with Crippen LogP contribution in [0.3, 0.4) is 0 Å². The smallest absolute Gasteiger partial charge is 0.226 e. The summed E-state index contributed by atoms with van der Waals surface area (Å²) in [4.78, 5) is 11.9. The third-order valence-corrected chi connectivity index (χ3v) is 3.94. The van der Waals surface area contributed by atoms with Crippen molar-refractivity contribution in [3.8, 4) is 11.5 Å². The average molecular weight is 313 g/mol. The van der Waals surface area contributed by atoms with Crippen LogP contribution < -0.4 is 14.8 Å². The molecule has 0 saturated carbocycles. The summed E-state index contributed by atoms with van der Waals surface area (Å²) >= 11 is 0. The molecular weight excluding hydrogens is 294 g/mol. The van der Waals surface area contributed by atoms with Gasteiger partial charge in [-0.15, -0.1) is 0 Å². The first-order valence-electron chi connectivity index (χ1n) is 7.40. The first kappa shape index (κ1) is 15.1. The van der Waals surface area contributed by atoms with Gasteiger partial charge in [-0.3, -0.25) is 9.89 Å². The van der Waals surface area contributed by atoms with Crippen molar-refractivity contribution in [2.45, 2.75) is 19.3 Å². The number of anilines is 1. The second kappa shape index (κ2) is 6.16. The van der Waals surface area contributed by atoms with Crippen LogP contribution >= 0.6 is 0 Å². The lowest BCUT2D eigenvalue weighted by Crippen LogP contribution is -2.23. The number of H-pyrrole nitrogens is 1. The maximum absolute atomic E-state index is 11.9. The van der Waals surface area contributed by atoms with Crippen molar-refractivity contribution in [3.05, 3.63) is 47.7 Å². The van der Waals surface area contributed by atoms with Crippen LogP contribution in [0.1, 0.15) is 29.2 Å². The molecule has 0 aliphatic carbocycles. The lowest BCUT2D eigenvalue weighted by molar-refractivity contribution is -0.116. The molecule has 1 atom stereocenters. The van der Waals surface area contributed by atoms with Crippen molar-refractivity contribution in [1.29, 1.82) is 0 Å². The quantitative estimate of drug-likeness (QED) is 0.832. The Morgan fingerprint density at radius 1 is 1.43 bits per heavy atom. The number of nitrogens with one attached hydrogen (secondary N) is 2. The molecule has 1 amide bonds. The molecule has 0 radical (unpaired) electrons. The van der Waals surface area contributed by atoms with Gasteiger partial charge in [0.1, 0.15) is 6.61 Å². The Morgan fingerprint density at radius 2 is 2.26 bits per heavy atom. The largest absolute Gasteiger partial charge is 0.493 e. The summed E-state index contributed by atoms with van der Waals surface area (Å²) in [6.07, 6.45) is 2.06. The molecule has 0 fully saturated rings. The molecule has 1 unspecified atom stereocenters. The van der Waals surface area contributed by atoms with E-state index in [0.717, 1.165) is 16.8 Å². The van der Waals surface area contributed by atoms with Crippen LogP contribution in [0.5, 0.6) is 11.5 Å². The van der Waals surface area contributed by atoms with E-state index in [1.54, 1.807) is 13.2 Å². The molecule has 1 aromatic heterocycles. The molecule has 3 rings (SSSR count). The van der Waals surface area contributed by atoms with Crippen LogP contribution in [0.25, 0.3) is 0 Å². The second-order valence-electron chi connectivity index (χ2n) is 5.43. The normalized spacial score (nSPS) is 16.4. The number of hydrogen-bond donors (Lipinski definition) is 2. The fourth-order valence-electron chi connectivity index (χ4n) is 2.88. The molecule has 2 N–H and O–H groups in total. The van der Waals surface area contributed by atoms with Gasteiger partial charge in [-0.25, -0.2) is 0 Å². The number of rotatable bonds is 5. The van der Waals surface area contributed by atoms with E-state index in [0.29, 0.717) is 30.3 Å². The molecule has 0 saturated heterocycles. The Bertz CT molecular complexity index is 752. The van der Waals surface area contributed by atoms with Crippen molar-refractivity contribution >= 4 is 11.7 Å². The van der Waals surface area contributed by atoms with Crippen LogP contribution in [-0.4, -0.2) is 29.8 Å². The number of carbonyl (C=O) groups excluding carboxylic acids is 1. The Hall–Kier alpha value is -2.76. The minimum Gasteiger partial charge on any atom is -0.493 e. The van der Waals surface area contributed by atoms with Gasteiger partial charge in [0.2, 0.25) is 5.91 Å². The predicted molar refractivity (Wildman–Crippen MR) is 87.1 cm³/mol. The summed E-state index contributed by atoms with van der Waals surface area (Å²) in [5, 5.41) is 9.89. The van der Waals surface area contributed by atoms with Crippen molar-refractivity contribution < 1.29 is 14.3 Å². The van der Waals surface area contributed by atoms with Gasteiger partial charge in [-0.05, 0) is 24.6 Å². The SMILES string of the molecule is C=CCOc1ccc(C2CC(=O)Nc3n[nH]c(C)c32)cc1OC. The number of methoxy groups -OCH3 is 1. The summed E-state index contributed by atoms with van der Waals surface area (Å²) in [5.41, 5.74) is 2.97. The first-order chi connectivity index (χ1) is 11.1. The monoisotopic (exact) mass is 313 g/mol. The average Bonchev–Trinajstić information content (AvgIpc) is 2.93. The highest BCUT2D eigenvalue weighted by molar-refractivity contribution is 5.94. The maximum atomic E-state index is 11.9. The number of aryl methyl sites for hydroxylation is 1.